The van der Waals surface area contributed by atoms with Gasteiger partial charge in [-0.2, -0.15) is 0 Å². The van der Waals surface area contributed by atoms with E-state index in [2.05, 4.69) is 66.2 Å². The summed E-state index contributed by atoms with van der Waals surface area (Å²) in [7, 11) is 0. The van der Waals surface area contributed by atoms with Gasteiger partial charge in [-0.15, -0.1) is 0 Å². The van der Waals surface area contributed by atoms with Gasteiger partial charge >= 0.3 is 0 Å². The highest BCUT2D eigenvalue weighted by Crippen LogP contribution is 2.34. The van der Waals surface area contributed by atoms with E-state index in [-0.39, 0.29) is 11.9 Å². The monoisotopic (exact) mass is 402 g/mol. The van der Waals surface area contributed by atoms with Crippen LogP contribution in [0.1, 0.15) is 55.5 Å². The summed E-state index contributed by atoms with van der Waals surface area (Å²) >= 11 is 0. The van der Waals surface area contributed by atoms with Gasteiger partial charge in [0.15, 0.2) is 11.7 Å². The number of rotatable bonds is 7. The van der Waals surface area contributed by atoms with Crippen molar-refractivity contribution < 1.29 is 9.21 Å². The molecule has 0 spiro atoms. The number of oxazole rings is 1. The van der Waals surface area contributed by atoms with Crippen LogP contribution < -0.4 is 0 Å². The Labute approximate surface area is 178 Å². The maximum absolute atomic E-state index is 13.1. The average molecular weight is 403 g/mol. The smallest absolute Gasteiger partial charge is 0.223 e. The summed E-state index contributed by atoms with van der Waals surface area (Å²) in [6, 6.07) is 19.1. The second kappa shape index (κ2) is 9.29. The maximum atomic E-state index is 13.1. The van der Waals surface area contributed by atoms with Crippen molar-refractivity contribution >= 4 is 5.91 Å². The van der Waals surface area contributed by atoms with Crippen molar-refractivity contribution in [3.8, 4) is 11.3 Å². The number of carbonyl (C=O) groups is 1. The normalized spacial score (nSPS) is 17.3. The predicted octanol–water partition coefficient (Wildman–Crippen LogP) is 5.77. The predicted molar refractivity (Wildman–Crippen MR) is 119 cm³/mol. The highest BCUT2D eigenvalue weighted by molar-refractivity contribution is 5.77. The number of amides is 1. The molecule has 0 radical (unpaired) electrons. The minimum absolute atomic E-state index is 0.210. The van der Waals surface area contributed by atoms with Gasteiger partial charge in [0.05, 0.1) is 6.20 Å². The Kier molecular flexibility index (Phi) is 6.32. The van der Waals surface area contributed by atoms with Gasteiger partial charge in [-0.25, -0.2) is 4.98 Å². The van der Waals surface area contributed by atoms with E-state index in [4.69, 9.17) is 4.42 Å². The molecule has 2 atom stereocenters. The molecule has 0 N–H and O–H groups in total. The van der Waals surface area contributed by atoms with Crippen molar-refractivity contribution in [2.75, 3.05) is 6.54 Å². The van der Waals surface area contributed by atoms with Gasteiger partial charge in [0, 0.05) is 36.9 Å². The number of carbonyl (C=O) groups excluding carboxylic acids is 1. The lowest BCUT2D eigenvalue weighted by Gasteiger charge is -2.31. The fraction of sp³-hybridized carbons (Fsp3) is 0.385. The van der Waals surface area contributed by atoms with Crippen LogP contribution in [0.15, 0.2) is 65.2 Å². The van der Waals surface area contributed by atoms with Gasteiger partial charge < -0.3 is 9.32 Å². The average Bonchev–Trinajstić information content (AvgIpc) is 3.44. The van der Waals surface area contributed by atoms with Gasteiger partial charge in [-0.3, -0.25) is 4.79 Å². The molecule has 4 heteroatoms. The Bertz CT molecular complexity index is 962. The van der Waals surface area contributed by atoms with Gasteiger partial charge in [-0.1, -0.05) is 67.1 Å². The third-order valence-corrected chi connectivity index (χ3v) is 6.19. The highest BCUT2D eigenvalue weighted by atomic mass is 16.4. The van der Waals surface area contributed by atoms with Crippen LogP contribution in [0, 0.1) is 6.92 Å². The Morgan fingerprint density at radius 1 is 1.17 bits per heavy atom. The summed E-state index contributed by atoms with van der Waals surface area (Å²) in [4.78, 5) is 19.5. The molecule has 1 saturated heterocycles. The Hall–Kier alpha value is -2.88. The zero-order valence-electron chi connectivity index (χ0n) is 17.9. The molecule has 156 valence electrons. The lowest BCUT2D eigenvalue weighted by atomic mass is 9.87. The van der Waals surface area contributed by atoms with Crippen LogP contribution in [0.25, 0.3) is 11.3 Å². The summed E-state index contributed by atoms with van der Waals surface area (Å²) in [5.41, 5.74) is 3.56. The van der Waals surface area contributed by atoms with Crippen LogP contribution in [0.5, 0.6) is 0 Å². The molecule has 1 fully saturated rings. The summed E-state index contributed by atoms with van der Waals surface area (Å²) in [5.74, 6) is 1.99. The van der Waals surface area contributed by atoms with Crippen molar-refractivity contribution in [1.82, 2.24) is 9.88 Å². The Balaban J connectivity index is 1.39. The van der Waals surface area contributed by atoms with Crippen LogP contribution in [0.3, 0.4) is 0 Å². The molecule has 2 aromatic carbocycles. The minimum atomic E-state index is 0.210. The zero-order chi connectivity index (χ0) is 20.9. The molecule has 0 bridgehead atoms. The number of aromatic nitrogens is 1. The molecule has 30 heavy (non-hydrogen) atoms. The Morgan fingerprint density at radius 2 is 1.93 bits per heavy atom. The summed E-state index contributed by atoms with van der Waals surface area (Å²) in [5, 5.41) is 0. The quantitative estimate of drug-likeness (QED) is 0.504. The molecule has 1 amide bonds. The largest absolute Gasteiger partial charge is 0.441 e. The van der Waals surface area contributed by atoms with Crippen molar-refractivity contribution in [3.05, 3.63) is 77.8 Å². The van der Waals surface area contributed by atoms with E-state index in [0.29, 0.717) is 24.7 Å². The number of hydrogen-bond acceptors (Lipinski definition) is 3. The molecule has 1 aliphatic heterocycles. The van der Waals surface area contributed by atoms with E-state index in [9.17, 15) is 4.79 Å². The molecule has 2 heterocycles. The SMILES string of the molecule is CCC(c1ccccc1)C1CCCN1C(=O)CCc1ncc(-c2ccc(C)cc2)o1. The summed E-state index contributed by atoms with van der Waals surface area (Å²) < 4.78 is 5.91. The number of aryl methyl sites for hydroxylation is 2. The Morgan fingerprint density at radius 3 is 2.67 bits per heavy atom. The highest BCUT2D eigenvalue weighted by Gasteiger charge is 2.34. The van der Waals surface area contributed by atoms with E-state index < -0.39 is 0 Å². The molecule has 2 unspecified atom stereocenters. The molecular formula is C26H30N2O2. The van der Waals surface area contributed by atoms with Crippen LogP contribution in [-0.4, -0.2) is 28.4 Å². The maximum Gasteiger partial charge on any atom is 0.223 e. The summed E-state index contributed by atoms with van der Waals surface area (Å²) in [6.45, 7) is 5.14. The van der Waals surface area contributed by atoms with Crippen molar-refractivity contribution in [2.24, 2.45) is 0 Å². The van der Waals surface area contributed by atoms with E-state index in [1.54, 1.807) is 6.20 Å². The molecule has 4 nitrogen and oxygen atoms in total. The third kappa shape index (κ3) is 4.48. The first kappa shape index (κ1) is 20.4. The first-order chi connectivity index (χ1) is 14.7. The molecule has 3 aromatic rings. The van der Waals surface area contributed by atoms with E-state index in [1.807, 2.05) is 12.1 Å². The number of benzene rings is 2. The molecule has 1 aliphatic rings. The molecule has 4 rings (SSSR count). The topological polar surface area (TPSA) is 46.3 Å². The second-order valence-corrected chi connectivity index (χ2v) is 8.21. The molecular weight excluding hydrogens is 372 g/mol. The van der Waals surface area contributed by atoms with E-state index >= 15 is 0 Å². The van der Waals surface area contributed by atoms with Crippen LogP contribution in [0.4, 0.5) is 0 Å². The van der Waals surface area contributed by atoms with Crippen molar-refractivity contribution in [2.45, 2.75) is 57.9 Å². The molecule has 1 aromatic heterocycles. The van der Waals surface area contributed by atoms with Crippen molar-refractivity contribution in [1.29, 1.82) is 0 Å². The number of hydrogen-bond donors (Lipinski definition) is 0. The van der Waals surface area contributed by atoms with Crippen LogP contribution >= 0.6 is 0 Å². The van der Waals surface area contributed by atoms with Gasteiger partial charge in [0.2, 0.25) is 5.91 Å². The van der Waals surface area contributed by atoms with Gasteiger partial charge in [-0.05, 0) is 31.7 Å². The lowest BCUT2D eigenvalue weighted by Crippen LogP contribution is -2.39. The van der Waals surface area contributed by atoms with Gasteiger partial charge in [0.1, 0.15) is 0 Å². The summed E-state index contributed by atoms with van der Waals surface area (Å²) in [6.07, 6.45) is 5.93. The van der Waals surface area contributed by atoms with Gasteiger partial charge in [0.25, 0.3) is 0 Å². The fourth-order valence-electron chi connectivity index (χ4n) is 4.59. The van der Waals surface area contributed by atoms with E-state index in [0.717, 1.165) is 37.1 Å². The zero-order valence-corrected chi connectivity index (χ0v) is 17.9. The minimum Gasteiger partial charge on any atom is -0.441 e. The third-order valence-electron chi connectivity index (χ3n) is 6.19. The molecule has 0 saturated carbocycles. The van der Waals surface area contributed by atoms with E-state index in [1.165, 1.54) is 11.1 Å². The first-order valence-electron chi connectivity index (χ1n) is 11.0. The standard InChI is InChI=1S/C26H30N2O2/c1-3-22(20-8-5-4-6-9-20)23-10-7-17-28(23)26(29)16-15-25-27-18-24(30-25)21-13-11-19(2)12-14-21/h4-6,8-9,11-14,18,22-23H,3,7,10,15-17H2,1-2H3. The number of likely N-dealkylation sites (tertiary alicyclic amines) is 1. The first-order valence-corrected chi connectivity index (χ1v) is 11.0. The van der Waals surface area contributed by atoms with Crippen LogP contribution in [0.2, 0.25) is 0 Å². The number of nitrogens with zero attached hydrogens (tertiary/aromatic N) is 2. The molecule has 0 aliphatic carbocycles. The lowest BCUT2D eigenvalue weighted by molar-refractivity contribution is -0.132. The van der Waals surface area contributed by atoms with Crippen molar-refractivity contribution in [3.63, 3.8) is 0 Å². The fourth-order valence-corrected chi connectivity index (χ4v) is 4.59. The second-order valence-electron chi connectivity index (χ2n) is 8.21. The van der Waals surface area contributed by atoms with Crippen LogP contribution in [-0.2, 0) is 11.2 Å².